The number of hydrogen-bond acceptors (Lipinski definition) is 6. The van der Waals surface area contributed by atoms with Gasteiger partial charge in [0.2, 0.25) is 5.91 Å². The molecular formula is C22H30N4O3S. The molecule has 1 aliphatic heterocycles. The molecule has 1 aliphatic rings. The first-order chi connectivity index (χ1) is 14.4. The maximum atomic E-state index is 13.1. The Hall–Kier alpha value is -2.29. The van der Waals surface area contributed by atoms with Crippen LogP contribution in [-0.2, 0) is 9.53 Å². The summed E-state index contributed by atoms with van der Waals surface area (Å²) >= 11 is 1.45. The second-order valence-corrected chi connectivity index (χ2v) is 8.82. The summed E-state index contributed by atoms with van der Waals surface area (Å²) in [5.41, 5.74) is 2.54. The van der Waals surface area contributed by atoms with Gasteiger partial charge < -0.3 is 15.0 Å². The van der Waals surface area contributed by atoms with Crippen molar-refractivity contribution in [3.05, 3.63) is 46.0 Å². The zero-order valence-corrected chi connectivity index (χ0v) is 18.8. The minimum atomic E-state index is -0.226. The van der Waals surface area contributed by atoms with Crippen LogP contribution in [0.1, 0.15) is 32.9 Å². The highest BCUT2D eigenvalue weighted by Crippen LogP contribution is 2.21. The topological polar surface area (TPSA) is 74.8 Å². The number of aromatic nitrogens is 1. The summed E-state index contributed by atoms with van der Waals surface area (Å²) in [7, 11) is 0. The number of anilines is 1. The third-order valence-corrected chi connectivity index (χ3v) is 6.16. The Morgan fingerprint density at radius 3 is 2.67 bits per heavy atom. The van der Waals surface area contributed by atoms with E-state index in [0.717, 1.165) is 55.4 Å². The maximum absolute atomic E-state index is 13.1. The summed E-state index contributed by atoms with van der Waals surface area (Å²) in [5, 5.41) is 3.41. The summed E-state index contributed by atoms with van der Waals surface area (Å²) in [6.45, 7) is 10.6. The molecule has 1 saturated heterocycles. The van der Waals surface area contributed by atoms with E-state index in [-0.39, 0.29) is 18.4 Å². The molecule has 8 heteroatoms. The first kappa shape index (κ1) is 22.4. The lowest BCUT2D eigenvalue weighted by atomic mass is 10.1. The smallest absolute Gasteiger partial charge is 0.254 e. The van der Waals surface area contributed by atoms with Crippen molar-refractivity contribution in [2.24, 2.45) is 0 Å². The third-order valence-electron chi connectivity index (χ3n) is 5.17. The van der Waals surface area contributed by atoms with Gasteiger partial charge >= 0.3 is 0 Å². The fraction of sp³-hybridized carbons (Fsp3) is 0.500. The van der Waals surface area contributed by atoms with Crippen LogP contribution < -0.4 is 5.32 Å². The Balaban J connectivity index is 1.64. The molecule has 2 amide bonds. The van der Waals surface area contributed by atoms with E-state index in [0.29, 0.717) is 17.2 Å². The number of morpholine rings is 1. The number of nitrogens with one attached hydrogen (secondary N) is 1. The van der Waals surface area contributed by atoms with Crippen molar-refractivity contribution >= 4 is 28.3 Å². The number of rotatable bonds is 8. The summed E-state index contributed by atoms with van der Waals surface area (Å²) in [5.74, 6) is -0.349. The average Bonchev–Trinajstić information content (AvgIpc) is 3.04. The number of ether oxygens (including phenoxy) is 1. The summed E-state index contributed by atoms with van der Waals surface area (Å²) in [6, 6.07) is 7.49. The lowest BCUT2D eigenvalue weighted by Crippen LogP contribution is -2.41. The van der Waals surface area contributed by atoms with Crippen LogP contribution in [0.3, 0.4) is 0 Å². The van der Waals surface area contributed by atoms with Crippen LogP contribution in [0.2, 0.25) is 0 Å². The fourth-order valence-electron chi connectivity index (χ4n) is 3.38. The Morgan fingerprint density at radius 2 is 2.00 bits per heavy atom. The molecule has 162 valence electrons. The van der Waals surface area contributed by atoms with Gasteiger partial charge in [0.25, 0.3) is 5.91 Å². The largest absolute Gasteiger partial charge is 0.379 e. The molecule has 0 radical (unpaired) electrons. The predicted molar refractivity (Wildman–Crippen MR) is 119 cm³/mol. The van der Waals surface area contributed by atoms with E-state index in [9.17, 15) is 9.59 Å². The lowest BCUT2D eigenvalue weighted by molar-refractivity contribution is -0.116. The molecule has 0 aliphatic carbocycles. The van der Waals surface area contributed by atoms with Crippen LogP contribution >= 0.6 is 11.3 Å². The van der Waals surface area contributed by atoms with Crippen molar-refractivity contribution in [2.45, 2.75) is 27.2 Å². The number of thiazole rings is 1. The molecule has 1 N–H and O–H groups in total. The highest BCUT2D eigenvalue weighted by atomic mass is 32.1. The van der Waals surface area contributed by atoms with Crippen LogP contribution in [0.25, 0.3) is 0 Å². The third kappa shape index (κ3) is 6.35. The highest BCUT2D eigenvalue weighted by Gasteiger charge is 2.20. The van der Waals surface area contributed by atoms with E-state index < -0.39 is 0 Å². The van der Waals surface area contributed by atoms with Crippen molar-refractivity contribution in [1.82, 2.24) is 14.8 Å². The summed E-state index contributed by atoms with van der Waals surface area (Å²) in [4.78, 5) is 35.2. The molecule has 1 aromatic heterocycles. The number of carbonyl (C=O) groups is 2. The van der Waals surface area contributed by atoms with Gasteiger partial charge in [0.05, 0.1) is 18.9 Å². The zero-order chi connectivity index (χ0) is 21.5. The summed E-state index contributed by atoms with van der Waals surface area (Å²) < 4.78 is 5.39. The van der Waals surface area contributed by atoms with Crippen molar-refractivity contribution in [3.63, 3.8) is 0 Å². The molecule has 3 rings (SSSR count). The second-order valence-electron chi connectivity index (χ2n) is 7.61. The number of aryl methyl sites for hydroxylation is 3. The van der Waals surface area contributed by atoms with E-state index in [1.54, 1.807) is 11.0 Å². The number of nitrogens with zero attached hydrogens (tertiary/aromatic N) is 3. The monoisotopic (exact) mass is 430 g/mol. The minimum absolute atomic E-state index is 0.00750. The van der Waals surface area contributed by atoms with E-state index in [1.165, 1.54) is 11.3 Å². The van der Waals surface area contributed by atoms with Gasteiger partial charge in [0.15, 0.2) is 5.13 Å². The number of amides is 2. The lowest BCUT2D eigenvalue weighted by Gasteiger charge is -2.28. The molecule has 1 fully saturated rings. The van der Waals surface area contributed by atoms with Crippen LogP contribution in [0.15, 0.2) is 24.3 Å². The van der Waals surface area contributed by atoms with Crippen LogP contribution in [0, 0.1) is 20.8 Å². The molecule has 0 spiro atoms. The maximum Gasteiger partial charge on any atom is 0.254 e. The van der Waals surface area contributed by atoms with Crippen LogP contribution in [-0.4, -0.2) is 72.5 Å². The number of hydrogen-bond donors (Lipinski definition) is 1. The molecule has 1 aromatic carbocycles. The van der Waals surface area contributed by atoms with Crippen molar-refractivity contribution < 1.29 is 14.3 Å². The molecule has 2 aromatic rings. The first-order valence-corrected chi connectivity index (χ1v) is 11.1. The molecule has 0 atom stereocenters. The van der Waals surface area contributed by atoms with Gasteiger partial charge in [-0.15, -0.1) is 11.3 Å². The zero-order valence-electron chi connectivity index (χ0n) is 17.9. The van der Waals surface area contributed by atoms with Crippen LogP contribution in [0.5, 0.6) is 0 Å². The molecular weight excluding hydrogens is 400 g/mol. The highest BCUT2D eigenvalue weighted by molar-refractivity contribution is 7.15. The number of benzene rings is 1. The quantitative estimate of drug-likeness (QED) is 0.697. The summed E-state index contributed by atoms with van der Waals surface area (Å²) in [6.07, 6.45) is 0.806. The second kappa shape index (κ2) is 10.7. The molecule has 30 heavy (non-hydrogen) atoms. The molecule has 2 heterocycles. The number of carbonyl (C=O) groups excluding carboxylic acids is 2. The van der Waals surface area contributed by atoms with Crippen LogP contribution in [0.4, 0.5) is 5.13 Å². The van der Waals surface area contributed by atoms with Gasteiger partial charge in [-0.1, -0.05) is 17.7 Å². The van der Waals surface area contributed by atoms with Crippen molar-refractivity contribution in [1.29, 1.82) is 0 Å². The van der Waals surface area contributed by atoms with Gasteiger partial charge in [-0.25, -0.2) is 4.98 Å². The molecule has 0 saturated carbocycles. The Kier molecular flexibility index (Phi) is 7.95. The van der Waals surface area contributed by atoms with E-state index in [2.05, 4.69) is 15.2 Å². The SMILES string of the molecule is Cc1cccc(C(=O)N(CCCN2CCOCC2)CC(=O)Nc2nc(C)c(C)s2)c1. The van der Waals surface area contributed by atoms with E-state index >= 15 is 0 Å². The predicted octanol–water partition coefficient (Wildman–Crippen LogP) is 2.87. The molecule has 7 nitrogen and oxygen atoms in total. The normalized spacial score (nSPS) is 14.5. The van der Waals surface area contributed by atoms with Gasteiger partial charge in [-0.05, 0) is 39.3 Å². The first-order valence-electron chi connectivity index (χ1n) is 10.3. The van der Waals surface area contributed by atoms with Gasteiger partial charge in [-0.2, -0.15) is 0 Å². The average molecular weight is 431 g/mol. The fourth-order valence-corrected chi connectivity index (χ4v) is 4.21. The Morgan fingerprint density at radius 1 is 1.23 bits per heavy atom. The molecule has 0 bridgehead atoms. The van der Waals surface area contributed by atoms with E-state index in [1.807, 2.05) is 39.0 Å². The van der Waals surface area contributed by atoms with Gasteiger partial charge in [0, 0.05) is 36.6 Å². The van der Waals surface area contributed by atoms with Gasteiger partial charge in [0.1, 0.15) is 6.54 Å². The van der Waals surface area contributed by atoms with Crippen molar-refractivity contribution in [3.8, 4) is 0 Å². The van der Waals surface area contributed by atoms with E-state index in [4.69, 9.17) is 4.74 Å². The Labute approximate surface area is 182 Å². The standard InChI is InChI=1S/C22H30N4O3S/c1-16-6-4-7-19(14-16)21(28)26(9-5-8-25-10-12-29-13-11-25)15-20(27)24-22-23-17(2)18(3)30-22/h4,6-7,14H,5,8-13,15H2,1-3H3,(H,23,24,27). The molecule has 0 unspecified atom stereocenters. The van der Waals surface area contributed by atoms with Crippen molar-refractivity contribution in [2.75, 3.05) is 51.3 Å². The Bertz CT molecular complexity index is 858. The minimum Gasteiger partial charge on any atom is -0.379 e. The van der Waals surface area contributed by atoms with Gasteiger partial charge in [-0.3, -0.25) is 14.5 Å².